The second kappa shape index (κ2) is 10.1. The molecule has 1 fully saturated rings. The van der Waals surface area contributed by atoms with Gasteiger partial charge < -0.3 is 4.90 Å². The monoisotopic (exact) mass is 472 g/mol. The van der Waals surface area contributed by atoms with Crippen LogP contribution in [0, 0.1) is 5.92 Å². The van der Waals surface area contributed by atoms with E-state index in [-0.39, 0.29) is 23.3 Å². The molecule has 2 heterocycles. The van der Waals surface area contributed by atoms with Crippen LogP contribution in [0.3, 0.4) is 0 Å². The summed E-state index contributed by atoms with van der Waals surface area (Å²) in [5.74, 6) is -0.303. The van der Waals surface area contributed by atoms with Crippen molar-refractivity contribution >= 4 is 38.7 Å². The average Bonchev–Trinajstić information content (AvgIpc) is 3.31. The highest BCUT2D eigenvalue weighted by atomic mass is 32.2. The van der Waals surface area contributed by atoms with E-state index in [0.717, 1.165) is 30.1 Å². The average molecular weight is 473 g/mol. The van der Waals surface area contributed by atoms with Gasteiger partial charge in [-0.3, -0.25) is 4.79 Å². The first-order valence-electron chi connectivity index (χ1n) is 11.0. The smallest absolute Gasteiger partial charge is 0.245 e. The highest BCUT2D eigenvalue weighted by Crippen LogP contribution is 2.29. The van der Waals surface area contributed by atoms with Gasteiger partial charge in [-0.1, -0.05) is 49.7 Å². The third kappa shape index (κ3) is 4.84. The summed E-state index contributed by atoms with van der Waals surface area (Å²) in [6.45, 7) is 3.94. The number of sulfonamides is 1. The van der Waals surface area contributed by atoms with Crippen LogP contribution in [0.4, 0.5) is 0 Å². The number of carbonyl (C=O) groups is 1. The molecule has 0 saturated carbocycles. The molecule has 4 rings (SSSR count). The number of hydrogen-bond donors (Lipinski definition) is 0. The Morgan fingerprint density at radius 1 is 1.16 bits per heavy atom. The van der Waals surface area contributed by atoms with E-state index in [2.05, 4.69) is 15.7 Å². The zero-order valence-corrected chi connectivity index (χ0v) is 19.8. The third-order valence-corrected chi connectivity index (χ3v) is 8.35. The Bertz CT molecular complexity index is 1160. The molecule has 0 radical (unpaired) electrons. The largest absolute Gasteiger partial charge is 0.338 e. The minimum absolute atomic E-state index is 0.0377. The van der Waals surface area contributed by atoms with Crippen LogP contribution in [0.1, 0.15) is 38.2 Å². The molecule has 1 aliphatic rings. The summed E-state index contributed by atoms with van der Waals surface area (Å²) < 4.78 is 36.7. The van der Waals surface area contributed by atoms with E-state index in [4.69, 9.17) is 0 Å². The maximum Gasteiger partial charge on any atom is 0.245 e. The van der Waals surface area contributed by atoms with E-state index in [9.17, 15) is 13.2 Å². The van der Waals surface area contributed by atoms with E-state index >= 15 is 0 Å². The normalized spacial score (nSPS) is 17.5. The number of benzene rings is 2. The lowest BCUT2D eigenvalue weighted by Crippen LogP contribution is -2.46. The van der Waals surface area contributed by atoms with Crippen LogP contribution in [0.25, 0.3) is 11.0 Å². The summed E-state index contributed by atoms with van der Waals surface area (Å²) in [6.07, 6.45) is 3.28. The number of unbranched alkanes of at least 4 members (excludes halogenated alkanes) is 1. The van der Waals surface area contributed by atoms with Crippen molar-refractivity contribution in [2.24, 2.45) is 5.92 Å². The van der Waals surface area contributed by atoms with E-state index in [1.54, 1.807) is 18.2 Å². The lowest BCUT2D eigenvalue weighted by Gasteiger charge is -2.34. The van der Waals surface area contributed by atoms with E-state index in [1.165, 1.54) is 4.31 Å². The van der Waals surface area contributed by atoms with Crippen molar-refractivity contribution in [2.45, 2.75) is 44.0 Å². The van der Waals surface area contributed by atoms with Gasteiger partial charge in [0, 0.05) is 26.2 Å². The molecule has 3 aromatic rings. The number of piperidine rings is 1. The van der Waals surface area contributed by atoms with E-state index < -0.39 is 10.0 Å². The predicted molar refractivity (Wildman–Crippen MR) is 126 cm³/mol. The van der Waals surface area contributed by atoms with Gasteiger partial charge in [0.1, 0.15) is 15.9 Å². The Morgan fingerprint density at radius 3 is 2.75 bits per heavy atom. The first kappa shape index (κ1) is 22.8. The lowest BCUT2D eigenvalue weighted by atomic mass is 9.97. The molecule has 1 amide bonds. The highest BCUT2D eigenvalue weighted by Gasteiger charge is 2.36. The molecule has 170 valence electrons. The predicted octanol–water partition coefficient (Wildman–Crippen LogP) is 3.92. The summed E-state index contributed by atoms with van der Waals surface area (Å²) in [6, 6.07) is 15.0. The fourth-order valence-electron chi connectivity index (χ4n) is 4.17. The van der Waals surface area contributed by atoms with Crippen LogP contribution in [-0.4, -0.2) is 51.9 Å². The lowest BCUT2D eigenvalue weighted by molar-refractivity contribution is -0.137. The maximum absolute atomic E-state index is 13.5. The molecule has 0 aliphatic carbocycles. The SMILES string of the molecule is CCCCN(Cc1ccccc1)C(=O)[C@@H]1CCCN(S(=O)(=O)c2cccc3nsnc23)C1. The first-order valence-corrected chi connectivity index (χ1v) is 13.2. The zero-order chi connectivity index (χ0) is 22.6. The van der Waals surface area contributed by atoms with Crippen molar-refractivity contribution in [3.05, 3.63) is 54.1 Å². The number of amides is 1. The van der Waals surface area contributed by atoms with Crippen molar-refractivity contribution in [2.75, 3.05) is 19.6 Å². The van der Waals surface area contributed by atoms with Gasteiger partial charge in [-0.2, -0.15) is 13.1 Å². The Kier molecular flexibility index (Phi) is 7.17. The summed E-state index contributed by atoms with van der Waals surface area (Å²) in [5, 5.41) is 0. The molecule has 1 atom stereocenters. The second-order valence-electron chi connectivity index (χ2n) is 8.19. The fraction of sp³-hybridized carbons (Fsp3) is 0.435. The summed E-state index contributed by atoms with van der Waals surface area (Å²) in [5.41, 5.74) is 2.06. The minimum Gasteiger partial charge on any atom is -0.338 e. The van der Waals surface area contributed by atoms with Crippen molar-refractivity contribution in [1.82, 2.24) is 18.0 Å². The molecular formula is C23H28N4O3S2. The second-order valence-corrected chi connectivity index (χ2v) is 10.6. The van der Waals surface area contributed by atoms with Crippen LogP contribution < -0.4 is 0 Å². The number of hydrogen-bond acceptors (Lipinski definition) is 6. The molecule has 0 N–H and O–H groups in total. The molecule has 2 aromatic carbocycles. The van der Waals surface area contributed by atoms with Gasteiger partial charge >= 0.3 is 0 Å². The summed E-state index contributed by atoms with van der Waals surface area (Å²) in [7, 11) is -3.76. The van der Waals surface area contributed by atoms with Crippen LogP contribution in [0.5, 0.6) is 0 Å². The molecule has 1 saturated heterocycles. The molecule has 1 aliphatic heterocycles. The number of carbonyl (C=O) groups excluding carboxylic acids is 1. The third-order valence-electron chi connectivity index (χ3n) is 5.91. The molecule has 1 aromatic heterocycles. The minimum atomic E-state index is -3.76. The van der Waals surface area contributed by atoms with Crippen molar-refractivity contribution in [1.29, 1.82) is 0 Å². The van der Waals surface area contributed by atoms with Gasteiger partial charge in [0.25, 0.3) is 0 Å². The Morgan fingerprint density at radius 2 is 1.97 bits per heavy atom. The van der Waals surface area contributed by atoms with E-state index in [0.29, 0.717) is 43.5 Å². The molecule has 9 heteroatoms. The number of rotatable bonds is 8. The summed E-state index contributed by atoms with van der Waals surface area (Å²) >= 11 is 1.00. The molecule has 0 bridgehead atoms. The van der Waals surface area contributed by atoms with Crippen LogP contribution in [0.2, 0.25) is 0 Å². The quantitative estimate of drug-likeness (QED) is 0.496. The zero-order valence-electron chi connectivity index (χ0n) is 18.2. The molecule has 0 unspecified atom stereocenters. The number of fused-ring (bicyclic) bond motifs is 1. The standard InChI is InChI=1S/C23H28N4O3S2/c1-2-3-14-26(16-18-9-5-4-6-10-18)23(28)19-11-8-15-27(17-19)32(29,30)21-13-7-12-20-22(21)25-31-24-20/h4-7,9-10,12-13,19H,2-3,8,11,14-17H2,1H3/t19-/m1/s1. The topological polar surface area (TPSA) is 83.5 Å². The fourth-order valence-corrected chi connectivity index (χ4v) is 6.45. The van der Waals surface area contributed by atoms with Gasteiger partial charge in [0.2, 0.25) is 15.9 Å². The van der Waals surface area contributed by atoms with Gasteiger partial charge in [-0.25, -0.2) is 8.42 Å². The van der Waals surface area contributed by atoms with Crippen LogP contribution in [-0.2, 0) is 21.4 Å². The first-order chi connectivity index (χ1) is 15.5. The highest BCUT2D eigenvalue weighted by molar-refractivity contribution is 7.89. The number of aromatic nitrogens is 2. The molecular weight excluding hydrogens is 444 g/mol. The maximum atomic E-state index is 13.5. The Balaban J connectivity index is 1.54. The Hall–Kier alpha value is -2.36. The molecule has 32 heavy (non-hydrogen) atoms. The Labute approximate surface area is 193 Å². The van der Waals surface area contributed by atoms with Crippen LogP contribution in [0.15, 0.2) is 53.4 Å². The van der Waals surface area contributed by atoms with Crippen molar-refractivity contribution in [3.8, 4) is 0 Å². The molecule has 0 spiro atoms. The number of nitrogens with zero attached hydrogens (tertiary/aromatic N) is 4. The van der Waals surface area contributed by atoms with E-state index in [1.807, 2.05) is 35.2 Å². The van der Waals surface area contributed by atoms with Gasteiger partial charge in [0.15, 0.2) is 0 Å². The van der Waals surface area contributed by atoms with Gasteiger partial charge in [-0.15, -0.1) is 0 Å². The van der Waals surface area contributed by atoms with Crippen molar-refractivity contribution < 1.29 is 13.2 Å². The van der Waals surface area contributed by atoms with Crippen molar-refractivity contribution in [3.63, 3.8) is 0 Å². The van der Waals surface area contributed by atoms with Crippen LogP contribution >= 0.6 is 11.7 Å². The summed E-state index contributed by atoms with van der Waals surface area (Å²) in [4.78, 5) is 15.5. The van der Waals surface area contributed by atoms with Gasteiger partial charge in [-0.05, 0) is 37.0 Å². The molecule has 7 nitrogen and oxygen atoms in total. The van der Waals surface area contributed by atoms with Gasteiger partial charge in [0.05, 0.1) is 17.6 Å².